The molecule has 1 saturated heterocycles. The summed E-state index contributed by atoms with van der Waals surface area (Å²) in [4.78, 5) is 4.26. The van der Waals surface area contributed by atoms with Crippen LogP contribution >= 0.6 is 0 Å². The molecule has 0 amide bonds. The van der Waals surface area contributed by atoms with Crippen molar-refractivity contribution in [2.45, 2.75) is 44.4 Å². The highest BCUT2D eigenvalue weighted by atomic mass is 16.5. The van der Waals surface area contributed by atoms with Gasteiger partial charge in [0.15, 0.2) is 5.82 Å². The molecule has 6 nitrogen and oxygen atoms in total. The molecule has 1 aliphatic heterocycles. The minimum absolute atomic E-state index is 0.0759. The summed E-state index contributed by atoms with van der Waals surface area (Å²) in [7, 11) is 1.74. The molecule has 3 rings (SSSR count). The highest BCUT2D eigenvalue weighted by molar-refractivity contribution is 5.15. The summed E-state index contributed by atoms with van der Waals surface area (Å²) >= 11 is 0. The normalized spacial score (nSPS) is 21.9. The van der Waals surface area contributed by atoms with Gasteiger partial charge >= 0.3 is 0 Å². The number of nitrogens with one attached hydrogen (secondary N) is 1. The van der Waals surface area contributed by atoms with Crippen molar-refractivity contribution < 1.29 is 14.0 Å². The van der Waals surface area contributed by atoms with E-state index in [1.54, 1.807) is 7.11 Å². The zero-order valence-electron chi connectivity index (χ0n) is 14.3. The summed E-state index contributed by atoms with van der Waals surface area (Å²) in [6, 6.07) is 10.7. The van der Waals surface area contributed by atoms with Crippen LogP contribution in [0.25, 0.3) is 0 Å². The molecule has 0 aliphatic carbocycles. The Labute approximate surface area is 142 Å². The molecule has 2 heterocycles. The van der Waals surface area contributed by atoms with E-state index in [4.69, 9.17) is 14.0 Å². The summed E-state index contributed by atoms with van der Waals surface area (Å²) in [5, 5.41) is 7.41. The van der Waals surface area contributed by atoms with E-state index in [1.165, 1.54) is 5.56 Å². The molecule has 1 aliphatic rings. The number of nitrogens with zero attached hydrogens (tertiary/aromatic N) is 2. The zero-order valence-corrected chi connectivity index (χ0v) is 14.3. The van der Waals surface area contributed by atoms with Crippen LogP contribution in [0.3, 0.4) is 0 Å². The Morgan fingerprint density at radius 3 is 2.83 bits per heavy atom. The van der Waals surface area contributed by atoms with Crippen LogP contribution in [0.4, 0.5) is 0 Å². The first-order chi connectivity index (χ1) is 11.7. The van der Waals surface area contributed by atoms with Crippen LogP contribution < -0.4 is 5.32 Å². The van der Waals surface area contributed by atoms with Gasteiger partial charge < -0.3 is 19.3 Å². The van der Waals surface area contributed by atoms with Gasteiger partial charge in [-0.25, -0.2) is 0 Å². The molecular formula is C18H25N3O3. The number of hydrogen-bond donors (Lipinski definition) is 1. The van der Waals surface area contributed by atoms with E-state index >= 15 is 0 Å². The van der Waals surface area contributed by atoms with Crippen molar-refractivity contribution in [3.05, 3.63) is 47.6 Å². The maximum absolute atomic E-state index is 6.04. The van der Waals surface area contributed by atoms with Crippen molar-refractivity contribution in [2.75, 3.05) is 20.3 Å². The average molecular weight is 331 g/mol. The first-order valence-electron chi connectivity index (χ1n) is 8.46. The van der Waals surface area contributed by atoms with Gasteiger partial charge in [0.05, 0.1) is 12.7 Å². The lowest BCUT2D eigenvalue weighted by Gasteiger charge is -2.20. The Kier molecular flexibility index (Phi) is 5.96. The quantitative estimate of drug-likeness (QED) is 0.801. The van der Waals surface area contributed by atoms with Crippen LogP contribution in [0.5, 0.6) is 0 Å². The maximum Gasteiger partial charge on any atom is 0.255 e. The molecule has 0 saturated carbocycles. The highest BCUT2D eigenvalue weighted by Crippen LogP contribution is 2.31. The van der Waals surface area contributed by atoms with Crippen molar-refractivity contribution in [3.8, 4) is 0 Å². The van der Waals surface area contributed by atoms with Crippen molar-refractivity contribution in [1.82, 2.24) is 15.5 Å². The average Bonchev–Trinajstić information content (AvgIpc) is 3.22. The Morgan fingerprint density at radius 1 is 1.29 bits per heavy atom. The zero-order chi connectivity index (χ0) is 16.8. The summed E-state index contributed by atoms with van der Waals surface area (Å²) in [5.41, 5.74) is 1.30. The van der Waals surface area contributed by atoms with E-state index in [-0.39, 0.29) is 18.2 Å². The number of benzene rings is 1. The molecule has 0 radical (unpaired) electrons. The molecule has 6 heteroatoms. The van der Waals surface area contributed by atoms with Crippen molar-refractivity contribution in [2.24, 2.45) is 0 Å². The third-order valence-corrected chi connectivity index (χ3v) is 4.25. The van der Waals surface area contributed by atoms with Gasteiger partial charge in [0.1, 0.15) is 6.10 Å². The summed E-state index contributed by atoms with van der Waals surface area (Å²) in [6.45, 7) is 3.29. The van der Waals surface area contributed by atoms with Gasteiger partial charge in [-0.15, -0.1) is 0 Å². The molecule has 1 aromatic heterocycles. The maximum atomic E-state index is 6.04. The number of aryl methyl sites for hydroxylation is 1. The molecule has 2 aromatic rings. The van der Waals surface area contributed by atoms with E-state index in [0.29, 0.717) is 18.3 Å². The fourth-order valence-corrected chi connectivity index (χ4v) is 3.07. The van der Waals surface area contributed by atoms with Gasteiger partial charge in [0.25, 0.3) is 5.89 Å². The van der Waals surface area contributed by atoms with Crippen LogP contribution in [0.2, 0.25) is 0 Å². The van der Waals surface area contributed by atoms with E-state index in [9.17, 15) is 0 Å². The van der Waals surface area contributed by atoms with Gasteiger partial charge in [0, 0.05) is 19.7 Å². The van der Waals surface area contributed by atoms with E-state index in [2.05, 4.69) is 39.7 Å². The lowest BCUT2D eigenvalue weighted by Crippen LogP contribution is -2.39. The lowest BCUT2D eigenvalue weighted by atomic mass is 10.1. The monoisotopic (exact) mass is 331 g/mol. The third-order valence-electron chi connectivity index (χ3n) is 4.25. The van der Waals surface area contributed by atoms with Gasteiger partial charge in [-0.05, 0) is 31.7 Å². The first kappa shape index (κ1) is 17.1. The Morgan fingerprint density at radius 2 is 2.12 bits per heavy atom. The largest absolute Gasteiger partial charge is 0.383 e. The number of hydrogen-bond acceptors (Lipinski definition) is 6. The van der Waals surface area contributed by atoms with Gasteiger partial charge in [-0.3, -0.25) is 0 Å². The third kappa shape index (κ3) is 4.63. The molecular weight excluding hydrogens is 306 g/mol. The Hall–Kier alpha value is -1.76. The molecule has 1 aromatic carbocycles. The Balaban J connectivity index is 1.48. The number of methoxy groups -OCH3 is 1. The molecule has 0 unspecified atom stereocenters. The van der Waals surface area contributed by atoms with E-state index in [1.807, 2.05) is 13.0 Å². The second kappa shape index (κ2) is 8.37. The minimum Gasteiger partial charge on any atom is -0.383 e. The van der Waals surface area contributed by atoms with Crippen LogP contribution in [-0.4, -0.2) is 42.5 Å². The van der Waals surface area contributed by atoms with Gasteiger partial charge in [-0.1, -0.05) is 35.5 Å². The number of rotatable bonds is 8. The van der Waals surface area contributed by atoms with Crippen molar-refractivity contribution in [3.63, 3.8) is 0 Å². The number of aromatic nitrogens is 2. The summed E-state index contributed by atoms with van der Waals surface area (Å²) in [5.74, 6) is 1.24. The minimum atomic E-state index is -0.0759. The second-order valence-corrected chi connectivity index (χ2v) is 6.25. The van der Waals surface area contributed by atoms with Crippen LogP contribution in [0, 0.1) is 6.92 Å². The number of ether oxygens (including phenoxy) is 2. The molecule has 0 bridgehead atoms. The van der Waals surface area contributed by atoms with Gasteiger partial charge in [0.2, 0.25) is 0 Å². The molecule has 0 spiro atoms. The second-order valence-electron chi connectivity index (χ2n) is 6.25. The molecule has 1 fully saturated rings. The highest BCUT2D eigenvalue weighted by Gasteiger charge is 2.30. The van der Waals surface area contributed by atoms with Crippen molar-refractivity contribution in [1.29, 1.82) is 0 Å². The SMILES string of the molecule is COC[C@H](Cc1ccccc1)NC[C@H]1CC[C@@H](c2nc(C)no2)O1. The first-order valence-corrected chi connectivity index (χ1v) is 8.46. The molecule has 24 heavy (non-hydrogen) atoms. The van der Waals surface area contributed by atoms with Crippen LogP contribution in [0.15, 0.2) is 34.9 Å². The van der Waals surface area contributed by atoms with Crippen LogP contribution in [-0.2, 0) is 15.9 Å². The van der Waals surface area contributed by atoms with E-state index in [0.717, 1.165) is 25.8 Å². The fourth-order valence-electron chi connectivity index (χ4n) is 3.07. The van der Waals surface area contributed by atoms with Gasteiger partial charge in [-0.2, -0.15) is 4.98 Å². The predicted molar refractivity (Wildman–Crippen MR) is 89.7 cm³/mol. The van der Waals surface area contributed by atoms with E-state index < -0.39 is 0 Å². The molecule has 3 atom stereocenters. The fraction of sp³-hybridized carbons (Fsp3) is 0.556. The summed E-state index contributed by atoms with van der Waals surface area (Å²) < 4.78 is 16.6. The smallest absolute Gasteiger partial charge is 0.255 e. The topological polar surface area (TPSA) is 69.4 Å². The van der Waals surface area contributed by atoms with Crippen molar-refractivity contribution >= 4 is 0 Å². The Bertz CT molecular complexity index is 617. The van der Waals surface area contributed by atoms with Crippen LogP contribution in [0.1, 0.15) is 36.2 Å². The predicted octanol–water partition coefficient (Wildman–Crippen LogP) is 2.45. The molecule has 130 valence electrons. The lowest BCUT2D eigenvalue weighted by molar-refractivity contribution is 0.0236. The summed E-state index contributed by atoms with van der Waals surface area (Å²) in [6.07, 6.45) is 2.93. The molecule has 1 N–H and O–H groups in total. The standard InChI is InChI=1S/C18H25N3O3/c1-13-20-18(24-21-13)17-9-8-16(23-17)11-19-15(12-22-2)10-14-6-4-3-5-7-14/h3-7,15-17,19H,8-12H2,1-2H3/t15-,16+,17-/m0/s1.